The first-order chi connectivity index (χ1) is 8.56. The molecule has 0 aliphatic carbocycles. The van der Waals surface area contributed by atoms with Gasteiger partial charge in [0.2, 0.25) is 0 Å². The molecule has 0 fully saturated rings. The van der Waals surface area contributed by atoms with Crippen molar-refractivity contribution in [2.45, 2.75) is 19.4 Å². The van der Waals surface area contributed by atoms with Gasteiger partial charge in [0.25, 0.3) is 5.91 Å². The Hall–Kier alpha value is -0.780. The largest absolute Gasteiger partial charge is 0.482 e. The molecule has 6 heteroatoms. The molecule has 0 bridgehead atoms. The fraction of sp³-hybridized carbons (Fsp3) is 0.417. The minimum absolute atomic E-state index is 0.0821. The van der Waals surface area contributed by atoms with Crippen LogP contribution >= 0.6 is 27.5 Å². The van der Waals surface area contributed by atoms with E-state index in [0.29, 0.717) is 17.2 Å². The average Bonchev–Trinajstić information content (AvgIpc) is 2.35. The van der Waals surface area contributed by atoms with E-state index in [1.54, 1.807) is 18.2 Å². The standard InChI is InChI=1S/C12H15BrClNO3/c1-2-9(6-16)15-12(17)7-18-11-4-3-8(13)5-10(11)14/h3-5,9,16H,2,6-7H2,1H3,(H,15,17)/t9-/m1/s1. The molecular weight excluding hydrogens is 321 g/mol. The number of halogens is 2. The number of hydrogen-bond donors (Lipinski definition) is 2. The number of carbonyl (C=O) groups is 1. The van der Waals surface area contributed by atoms with Gasteiger partial charge < -0.3 is 15.2 Å². The fourth-order valence-corrected chi connectivity index (χ4v) is 2.01. The van der Waals surface area contributed by atoms with Crippen LogP contribution in [0, 0.1) is 0 Å². The van der Waals surface area contributed by atoms with Gasteiger partial charge in [0, 0.05) is 4.47 Å². The topological polar surface area (TPSA) is 58.6 Å². The second-order valence-electron chi connectivity index (χ2n) is 3.72. The molecule has 1 aromatic rings. The minimum Gasteiger partial charge on any atom is -0.482 e. The lowest BCUT2D eigenvalue weighted by Crippen LogP contribution is -2.39. The summed E-state index contributed by atoms with van der Waals surface area (Å²) < 4.78 is 6.14. The number of aliphatic hydroxyl groups is 1. The molecule has 4 nitrogen and oxygen atoms in total. The summed E-state index contributed by atoms with van der Waals surface area (Å²) >= 11 is 9.23. The maximum Gasteiger partial charge on any atom is 0.258 e. The summed E-state index contributed by atoms with van der Waals surface area (Å²) in [6, 6.07) is 4.92. The van der Waals surface area contributed by atoms with E-state index < -0.39 is 0 Å². The maximum absolute atomic E-state index is 11.5. The first-order valence-electron chi connectivity index (χ1n) is 5.54. The lowest BCUT2D eigenvalue weighted by molar-refractivity contribution is -0.124. The Balaban J connectivity index is 2.47. The highest BCUT2D eigenvalue weighted by Gasteiger charge is 2.10. The summed E-state index contributed by atoms with van der Waals surface area (Å²) in [5.41, 5.74) is 0. The maximum atomic E-state index is 11.5. The summed E-state index contributed by atoms with van der Waals surface area (Å²) in [6.07, 6.45) is 0.668. The molecule has 1 amide bonds. The van der Waals surface area contributed by atoms with E-state index in [0.717, 1.165) is 4.47 Å². The Morgan fingerprint density at radius 3 is 2.89 bits per heavy atom. The third-order valence-corrected chi connectivity index (χ3v) is 3.12. The second kappa shape index (κ2) is 7.61. The van der Waals surface area contributed by atoms with Crippen molar-refractivity contribution in [3.05, 3.63) is 27.7 Å². The monoisotopic (exact) mass is 335 g/mol. The van der Waals surface area contributed by atoms with Crippen LogP contribution in [0.4, 0.5) is 0 Å². The van der Waals surface area contributed by atoms with Crippen LogP contribution in [0.25, 0.3) is 0 Å². The number of carbonyl (C=O) groups excluding carboxylic acids is 1. The smallest absolute Gasteiger partial charge is 0.258 e. The molecule has 0 aliphatic heterocycles. The van der Waals surface area contributed by atoms with Crippen LogP contribution in [0.15, 0.2) is 22.7 Å². The molecule has 0 radical (unpaired) electrons. The normalized spacial score (nSPS) is 12.0. The van der Waals surface area contributed by atoms with Crippen molar-refractivity contribution in [1.82, 2.24) is 5.32 Å². The van der Waals surface area contributed by atoms with Gasteiger partial charge in [0.1, 0.15) is 5.75 Å². The highest BCUT2D eigenvalue weighted by atomic mass is 79.9. The number of aliphatic hydroxyl groups excluding tert-OH is 1. The van der Waals surface area contributed by atoms with Crippen LogP contribution in [-0.4, -0.2) is 30.3 Å². The van der Waals surface area contributed by atoms with Crippen molar-refractivity contribution in [3.8, 4) is 5.75 Å². The summed E-state index contributed by atoms with van der Waals surface area (Å²) in [5.74, 6) is 0.168. The third-order valence-electron chi connectivity index (χ3n) is 2.33. The Morgan fingerprint density at radius 2 is 2.33 bits per heavy atom. The quantitative estimate of drug-likeness (QED) is 0.838. The van der Waals surface area contributed by atoms with Crippen LogP contribution in [0.1, 0.15) is 13.3 Å². The predicted molar refractivity (Wildman–Crippen MR) is 74.0 cm³/mol. The molecule has 0 heterocycles. The van der Waals surface area contributed by atoms with Gasteiger partial charge in [0.05, 0.1) is 17.7 Å². The zero-order chi connectivity index (χ0) is 13.5. The van der Waals surface area contributed by atoms with E-state index >= 15 is 0 Å². The van der Waals surface area contributed by atoms with Gasteiger partial charge in [-0.25, -0.2) is 0 Å². The number of amides is 1. The van der Waals surface area contributed by atoms with Crippen molar-refractivity contribution in [3.63, 3.8) is 0 Å². The number of rotatable bonds is 6. The molecular formula is C12H15BrClNO3. The Kier molecular flexibility index (Phi) is 6.46. The average molecular weight is 337 g/mol. The number of ether oxygens (including phenoxy) is 1. The van der Waals surface area contributed by atoms with Crippen molar-refractivity contribution in [1.29, 1.82) is 0 Å². The lowest BCUT2D eigenvalue weighted by atomic mass is 10.2. The van der Waals surface area contributed by atoms with Crippen molar-refractivity contribution in [2.24, 2.45) is 0 Å². The predicted octanol–water partition coefficient (Wildman–Crippen LogP) is 2.37. The molecule has 18 heavy (non-hydrogen) atoms. The number of benzene rings is 1. The molecule has 0 aliphatic rings. The van der Waals surface area contributed by atoms with Gasteiger partial charge in [-0.15, -0.1) is 0 Å². The molecule has 0 spiro atoms. The lowest BCUT2D eigenvalue weighted by Gasteiger charge is -2.14. The van der Waals surface area contributed by atoms with Crippen molar-refractivity contribution < 1.29 is 14.6 Å². The second-order valence-corrected chi connectivity index (χ2v) is 5.04. The summed E-state index contributed by atoms with van der Waals surface area (Å²) in [7, 11) is 0. The van der Waals surface area contributed by atoms with Gasteiger partial charge >= 0.3 is 0 Å². The Labute approximate surface area is 119 Å². The molecule has 1 aromatic carbocycles. The van der Waals surface area contributed by atoms with E-state index in [1.807, 2.05) is 6.92 Å². The van der Waals surface area contributed by atoms with E-state index in [4.69, 9.17) is 21.4 Å². The third kappa shape index (κ3) is 4.84. The Bertz CT molecular complexity index is 410. The van der Waals surface area contributed by atoms with Gasteiger partial charge in [-0.2, -0.15) is 0 Å². The highest BCUT2D eigenvalue weighted by molar-refractivity contribution is 9.10. The number of nitrogens with one attached hydrogen (secondary N) is 1. The van der Waals surface area contributed by atoms with Crippen LogP contribution in [0.3, 0.4) is 0 Å². The van der Waals surface area contributed by atoms with Gasteiger partial charge in [-0.05, 0) is 24.6 Å². The minimum atomic E-state index is -0.283. The molecule has 100 valence electrons. The van der Waals surface area contributed by atoms with E-state index in [9.17, 15) is 4.79 Å². The SMILES string of the molecule is CC[C@H](CO)NC(=O)COc1ccc(Br)cc1Cl. The van der Waals surface area contributed by atoms with Crippen LogP contribution in [-0.2, 0) is 4.79 Å². The molecule has 1 atom stereocenters. The highest BCUT2D eigenvalue weighted by Crippen LogP contribution is 2.27. The Morgan fingerprint density at radius 1 is 1.61 bits per heavy atom. The first kappa shape index (κ1) is 15.3. The molecule has 2 N–H and O–H groups in total. The summed E-state index contributed by atoms with van der Waals surface area (Å²) in [5, 5.41) is 12.0. The summed E-state index contributed by atoms with van der Waals surface area (Å²) in [6.45, 7) is 1.67. The van der Waals surface area contributed by atoms with Crippen molar-refractivity contribution in [2.75, 3.05) is 13.2 Å². The zero-order valence-electron chi connectivity index (χ0n) is 9.95. The zero-order valence-corrected chi connectivity index (χ0v) is 12.3. The summed E-state index contributed by atoms with van der Waals surface area (Å²) in [4.78, 5) is 11.5. The van der Waals surface area contributed by atoms with Gasteiger partial charge in [-0.1, -0.05) is 34.5 Å². The number of hydrogen-bond acceptors (Lipinski definition) is 3. The van der Waals surface area contributed by atoms with E-state index in [1.165, 1.54) is 0 Å². The molecule has 0 saturated carbocycles. The van der Waals surface area contributed by atoms with Crippen LogP contribution < -0.4 is 10.1 Å². The van der Waals surface area contributed by atoms with E-state index in [2.05, 4.69) is 21.2 Å². The molecule has 0 unspecified atom stereocenters. The van der Waals surface area contributed by atoms with Gasteiger partial charge in [0.15, 0.2) is 6.61 Å². The molecule has 0 aromatic heterocycles. The molecule has 1 rings (SSSR count). The first-order valence-corrected chi connectivity index (χ1v) is 6.72. The van der Waals surface area contributed by atoms with Crippen molar-refractivity contribution >= 4 is 33.4 Å². The van der Waals surface area contributed by atoms with Crippen LogP contribution in [0.2, 0.25) is 5.02 Å². The van der Waals surface area contributed by atoms with E-state index in [-0.39, 0.29) is 25.2 Å². The fourth-order valence-electron chi connectivity index (χ4n) is 1.28. The molecule has 0 saturated heterocycles. The van der Waals surface area contributed by atoms with Crippen LogP contribution in [0.5, 0.6) is 5.75 Å². The van der Waals surface area contributed by atoms with Gasteiger partial charge in [-0.3, -0.25) is 4.79 Å².